The summed E-state index contributed by atoms with van der Waals surface area (Å²) >= 11 is 5.60. The quantitative estimate of drug-likeness (QED) is 0.617. The molecule has 0 spiro atoms. The third-order valence-corrected chi connectivity index (χ3v) is 3.71. The van der Waals surface area contributed by atoms with E-state index in [0.29, 0.717) is 0 Å². The summed E-state index contributed by atoms with van der Waals surface area (Å²) in [4.78, 5) is 9.56. The summed E-state index contributed by atoms with van der Waals surface area (Å²) in [6.07, 6.45) is 0. The van der Waals surface area contributed by atoms with Gasteiger partial charge in [0.1, 0.15) is 0 Å². The van der Waals surface area contributed by atoms with Crippen molar-refractivity contribution in [3.05, 3.63) is 33.3 Å². The molecule has 0 fully saturated rings. The number of hydrogen-bond donors (Lipinski definition) is 2. The van der Waals surface area contributed by atoms with Crippen molar-refractivity contribution in [2.24, 2.45) is 5.73 Å². The fourth-order valence-corrected chi connectivity index (χ4v) is 2.64. The lowest BCUT2D eigenvalue weighted by atomic mass is 10.3. The number of halogens is 1. The Bertz CT molecular complexity index is 559. The molecule has 100 valence electrons. The Morgan fingerprint density at radius 1 is 1.56 bits per heavy atom. The standard InChI is InChI=1S/C9H12ClN3O4S/c1-6(11)5-12-18(16,17)9-3-2-7(10)4-8(9)13(14)15/h2-4,6,12H,5,11H2,1H3. The van der Waals surface area contributed by atoms with E-state index in [2.05, 4.69) is 4.72 Å². The maximum absolute atomic E-state index is 11.9. The zero-order valence-electron chi connectivity index (χ0n) is 9.46. The number of nitro benzene ring substituents is 1. The van der Waals surface area contributed by atoms with Gasteiger partial charge in [0.2, 0.25) is 10.0 Å². The third kappa shape index (κ3) is 3.64. The number of sulfonamides is 1. The molecule has 9 heteroatoms. The lowest BCUT2D eigenvalue weighted by Gasteiger charge is -2.09. The molecule has 1 rings (SSSR count). The van der Waals surface area contributed by atoms with Crippen molar-refractivity contribution in [3.63, 3.8) is 0 Å². The van der Waals surface area contributed by atoms with Crippen LogP contribution in [0.25, 0.3) is 0 Å². The zero-order valence-corrected chi connectivity index (χ0v) is 11.0. The summed E-state index contributed by atoms with van der Waals surface area (Å²) < 4.78 is 25.9. The van der Waals surface area contributed by atoms with E-state index in [9.17, 15) is 18.5 Å². The molecule has 0 amide bonds. The van der Waals surface area contributed by atoms with Gasteiger partial charge in [-0.25, -0.2) is 13.1 Å². The van der Waals surface area contributed by atoms with Gasteiger partial charge in [0.05, 0.1) is 4.92 Å². The second-order valence-corrected chi connectivity index (χ2v) is 5.87. The Kier molecular flexibility index (Phi) is 4.63. The van der Waals surface area contributed by atoms with Crippen LogP contribution in [0.1, 0.15) is 6.92 Å². The summed E-state index contributed by atoms with van der Waals surface area (Å²) in [6.45, 7) is 1.60. The van der Waals surface area contributed by atoms with Crippen LogP contribution in [0.2, 0.25) is 5.02 Å². The molecule has 0 aromatic heterocycles. The van der Waals surface area contributed by atoms with Crippen LogP contribution < -0.4 is 10.5 Å². The maximum Gasteiger partial charge on any atom is 0.290 e. The third-order valence-electron chi connectivity index (χ3n) is 2.00. The van der Waals surface area contributed by atoms with Crippen LogP contribution in [-0.4, -0.2) is 25.9 Å². The minimum atomic E-state index is -3.98. The van der Waals surface area contributed by atoms with Crippen LogP contribution in [-0.2, 0) is 10.0 Å². The van der Waals surface area contributed by atoms with Crippen molar-refractivity contribution in [1.29, 1.82) is 0 Å². The molecule has 1 aromatic carbocycles. The van der Waals surface area contributed by atoms with E-state index < -0.39 is 31.6 Å². The predicted octanol–water partition coefficient (Wildman–Crippen LogP) is 0.874. The Labute approximate surface area is 109 Å². The van der Waals surface area contributed by atoms with E-state index in [1.165, 1.54) is 6.07 Å². The summed E-state index contributed by atoms with van der Waals surface area (Å²) in [6, 6.07) is 2.95. The van der Waals surface area contributed by atoms with E-state index >= 15 is 0 Å². The highest BCUT2D eigenvalue weighted by molar-refractivity contribution is 7.89. The van der Waals surface area contributed by atoms with Crippen molar-refractivity contribution < 1.29 is 13.3 Å². The second-order valence-electron chi connectivity index (χ2n) is 3.70. The number of benzene rings is 1. The normalized spacial score (nSPS) is 13.3. The molecule has 1 aromatic rings. The molecule has 7 nitrogen and oxygen atoms in total. The molecule has 0 saturated heterocycles. The van der Waals surface area contributed by atoms with E-state index in [1.807, 2.05) is 0 Å². The Morgan fingerprint density at radius 3 is 2.67 bits per heavy atom. The largest absolute Gasteiger partial charge is 0.327 e. The molecular formula is C9H12ClN3O4S. The first-order valence-electron chi connectivity index (χ1n) is 4.93. The second kappa shape index (κ2) is 5.61. The molecule has 0 aliphatic carbocycles. The first-order chi connectivity index (χ1) is 8.24. The van der Waals surface area contributed by atoms with Crippen LogP contribution in [0.4, 0.5) is 5.69 Å². The van der Waals surface area contributed by atoms with Crippen molar-refractivity contribution in [3.8, 4) is 0 Å². The molecule has 0 saturated carbocycles. The van der Waals surface area contributed by atoms with Crippen LogP contribution in [0.15, 0.2) is 23.1 Å². The number of nitrogens with one attached hydrogen (secondary N) is 1. The highest BCUT2D eigenvalue weighted by Crippen LogP contribution is 2.26. The van der Waals surface area contributed by atoms with E-state index in [-0.39, 0.29) is 11.6 Å². The van der Waals surface area contributed by atoms with E-state index in [4.69, 9.17) is 17.3 Å². The Morgan fingerprint density at radius 2 is 2.17 bits per heavy atom. The van der Waals surface area contributed by atoms with Crippen LogP contribution >= 0.6 is 11.6 Å². The monoisotopic (exact) mass is 293 g/mol. The van der Waals surface area contributed by atoms with Crippen LogP contribution in [0.3, 0.4) is 0 Å². The summed E-state index contributed by atoms with van der Waals surface area (Å²) in [5.41, 5.74) is 4.85. The average molecular weight is 294 g/mol. The fourth-order valence-electron chi connectivity index (χ4n) is 1.18. The molecule has 3 N–H and O–H groups in total. The van der Waals surface area contributed by atoms with Gasteiger partial charge in [-0.1, -0.05) is 11.6 Å². The molecule has 0 bridgehead atoms. The van der Waals surface area contributed by atoms with E-state index in [0.717, 1.165) is 12.1 Å². The van der Waals surface area contributed by atoms with Gasteiger partial charge in [-0.3, -0.25) is 10.1 Å². The van der Waals surface area contributed by atoms with Crippen LogP contribution in [0.5, 0.6) is 0 Å². The van der Waals surface area contributed by atoms with Gasteiger partial charge >= 0.3 is 0 Å². The predicted molar refractivity (Wildman–Crippen MR) is 66.9 cm³/mol. The summed E-state index contributed by atoms with van der Waals surface area (Å²) in [7, 11) is -3.98. The number of hydrogen-bond acceptors (Lipinski definition) is 5. The lowest BCUT2D eigenvalue weighted by Crippen LogP contribution is -2.35. The zero-order chi connectivity index (χ0) is 13.9. The number of nitrogens with zero attached hydrogens (tertiary/aromatic N) is 1. The molecule has 0 aliphatic rings. The van der Waals surface area contributed by atoms with Crippen molar-refractivity contribution >= 4 is 27.3 Å². The van der Waals surface area contributed by atoms with Gasteiger partial charge < -0.3 is 5.73 Å². The average Bonchev–Trinajstić information content (AvgIpc) is 2.26. The first-order valence-corrected chi connectivity index (χ1v) is 6.79. The highest BCUT2D eigenvalue weighted by Gasteiger charge is 2.25. The van der Waals surface area contributed by atoms with Crippen molar-refractivity contribution in [2.75, 3.05) is 6.54 Å². The molecule has 18 heavy (non-hydrogen) atoms. The first kappa shape index (κ1) is 14.8. The van der Waals surface area contributed by atoms with Crippen molar-refractivity contribution in [1.82, 2.24) is 4.72 Å². The van der Waals surface area contributed by atoms with Gasteiger partial charge in [0, 0.05) is 23.7 Å². The Hall–Kier alpha value is -1.22. The smallest absolute Gasteiger partial charge is 0.290 e. The topological polar surface area (TPSA) is 115 Å². The van der Waals surface area contributed by atoms with Gasteiger partial charge in [-0.05, 0) is 19.1 Å². The number of rotatable bonds is 5. The molecule has 0 heterocycles. The lowest BCUT2D eigenvalue weighted by molar-refractivity contribution is -0.387. The highest BCUT2D eigenvalue weighted by atomic mass is 35.5. The van der Waals surface area contributed by atoms with Gasteiger partial charge in [-0.15, -0.1) is 0 Å². The SMILES string of the molecule is CC(N)CNS(=O)(=O)c1ccc(Cl)cc1[N+](=O)[O-]. The molecule has 0 aliphatic heterocycles. The minimum absolute atomic E-state index is 0.0118. The Balaban J connectivity index is 3.20. The number of nitro groups is 1. The van der Waals surface area contributed by atoms with Gasteiger partial charge in [-0.2, -0.15) is 0 Å². The molecule has 1 unspecified atom stereocenters. The van der Waals surface area contributed by atoms with Crippen LogP contribution in [0, 0.1) is 10.1 Å². The molecular weight excluding hydrogens is 282 g/mol. The minimum Gasteiger partial charge on any atom is -0.327 e. The fraction of sp³-hybridized carbons (Fsp3) is 0.333. The molecule has 1 atom stereocenters. The van der Waals surface area contributed by atoms with Gasteiger partial charge in [0.25, 0.3) is 5.69 Å². The summed E-state index contributed by atoms with van der Waals surface area (Å²) in [5.74, 6) is 0. The maximum atomic E-state index is 11.9. The van der Waals surface area contributed by atoms with Gasteiger partial charge in [0.15, 0.2) is 4.90 Å². The number of nitrogens with two attached hydrogens (primary N) is 1. The van der Waals surface area contributed by atoms with E-state index in [1.54, 1.807) is 6.92 Å². The van der Waals surface area contributed by atoms with Crippen molar-refractivity contribution in [2.45, 2.75) is 17.9 Å². The summed E-state index contributed by atoms with van der Waals surface area (Å²) in [5, 5.41) is 10.9. The molecule has 0 radical (unpaired) electrons.